The second-order valence-electron chi connectivity index (χ2n) is 3.38. The zero-order valence-electron chi connectivity index (χ0n) is 7.32. The van der Waals surface area contributed by atoms with Gasteiger partial charge in [-0.05, 0) is 5.92 Å². The van der Waals surface area contributed by atoms with Gasteiger partial charge in [0.25, 0.3) is 5.91 Å². The number of hydrogen-bond donors (Lipinski definition) is 3. The van der Waals surface area contributed by atoms with Gasteiger partial charge >= 0.3 is 0 Å². The Balaban J connectivity index is 2.37. The van der Waals surface area contributed by atoms with Gasteiger partial charge in [0.2, 0.25) is 0 Å². The summed E-state index contributed by atoms with van der Waals surface area (Å²) in [6.07, 6.45) is -0.535. The topological polar surface area (TPSA) is 78.4 Å². The van der Waals surface area contributed by atoms with Gasteiger partial charge in [0, 0.05) is 6.54 Å². The molecule has 0 aromatic carbocycles. The third-order valence-corrected chi connectivity index (χ3v) is 2.03. The summed E-state index contributed by atoms with van der Waals surface area (Å²) in [4.78, 5) is 12.6. The summed E-state index contributed by atoms with van der Waals surface area (Å²) >= 11 is 0. The van der Waals surface area contributed by atoms with Gasteiger partial charge in [0.15, 0.2) is 0 Å². The van der Waals surface area contributed by atoms with Crippen molar-refractivity contribution in [1.29, 1.82) is 0 Å². The van der Waals surface area contributed by atoms with Crippen molar-refractivity contribution in [3.63, 3.8) is 0 Å². The van der Waals surface area contributed by atoms with E-state index in [0.717, 1.165) is 0 Å². The Morgan fingerprint density at radius 2 is 2.33 bits per heavy atom. The summed E-state index contributed by atoms with van der Waals surface area (Å²) in [6, 6.07) is -0.229. The van der Waals surface area contributed by atoms with Crippen LogP contribution in [0.1, 0.15) is 13.8 Å². The number of hydrogen-bond acceptors (Lipinski definition) is 4. The largest absolute Gasteiger partial charge is 0.378 e. The summed E-state index contributed by atoms with van der Waals surface area (Å²) in [5.41, 5.74) is 2.06. The van der Waals surface area contributed by atoms with Gasteiger partial charge in [0.1, 0.15) is 12.3 Å². The maximum Gasteiger partial charge on any atom is 0.252 e. The Morgan fingerprint density at radius 1 is 1.75 bits per heavy atom. The molecule has 1 amide bonds. The third-order valence-electron chi connectivity index (χ3n) is 2.03. The normalized spacial score (nSPS) is 30.1. The number of nitrogens with one attached hydrogen (secondary N) is 1. The molecule has 1 fully saturated rings. The van der Waals surface area contributed by atoms with Gasteiger partial charge in [0.05, 0.1) is 0 Å². The van der Waals surface area contributed by atoms with Gasteiger partial charge < -0.3 is 5.11 Å². The molecule has 1 rings (SSSR count). The van der Waals surface area contributed by atoms with Crippen molar-refractivity contribution in [2.45, 2.75) is 26.1 Å². The SMILES string of the molecule is CC(C)C(O)N1CC1C(=O)NN. The molecule has 5 heteroatoms. The third kappa shape index (κ3) is 1.74. The van der Waals surface area contributed by atoms with E-state index in [0.29, 0.717) is 6.54 Å². The second kappa shape index (κ2) is 3.38. The summed E-state index contributed by atoms with van der Waals surface area (Å²) in [5, 5.41) is 9.49. The number of rotatable bonds is 3. The second-order valence-corrected chi connectivity index (χ2v) is 3.38. The minimum atomic E-state index is -0.535. The first-order valence-electron chi connectivity index (χ1n) is 4.02. The van der Waals surface area contributed by atoms with E-state index in [-0.39, 0.29) is 17.9 Å². The van der Waals surface area contributed by atoms with Crippen LogP contribution in [0, 0.1) is 5.92 Å². The quantitative estimate of drug-likeness (QED) is 0.213. The maximum absolute atomic E-state index is 10.9. The van der Waals surface area contributed by atoms with Crippen molar-refractivity contribution in [1.82, 2.24) is 10.3 Å². The van der Waals surface area contributed by atoms with Gasteiger partial charge in [-0.25, -0.2) is 5.84 Å². The van der Waals surface area contributed by atoms with E-state index in [9.17, 15) is 9.90 Å². The number of hydrazine groups is 1. The molecule has 1 saturated heterocycles. The lowest BCUT2D eigenvalue weighted by molar-refractivity contribution is -0.122. The number of nitrogens with zero attached hydrogens (tertiary/aromatic N) is 1. The first kappa shape index (κ1) is 9.44. The number of amides is 1. The van der Waals surface area contributed by atoms with Crippen molar-refractivity contribution < 1.29 is 9.90 Å². The fourth-order valence-corrected chi connectivity index (χ4v) is 1.16. The van der Waals surface area contributed by atoms with Crippen molar-refractivity contribution in [3.8, 4) is 0 Å². The predicted molar refractivity (Wildman–Crippen MR) is 43.7 cm³/mol. The van der Waals surface area contributed by atoms with Crippen LogP contribution < -0.4 is 11.3 Å². The Labute approximate surface area is 71.5 Å². The molecule has 4 N–H and O–H groups in total. The zero-order chi connectivity index (χ0) is 9.30. The molecule has 1 aliphatic heterocycles. The predicted octanol–water partition coefficient (Wildman–Crippen LogP) is -1.37. The van der Waals surface area contributed by atoms with Crippen LogP contribution in [0.4, 0.5) is 0 Å². The number of aliphatic hydroxyl groups is 1. The van der Waals surface area contributed by atoms with Gasteiger partial charge in [-0.3, -0.25) is 15.1 Å². The average Bonchev–Trinajstić information content (AvgIpc) is 2.80. The lowest BCUT2D eigenvalue weighted by Gasteiger charge is -2.15. The minimum Gasteiger partial charge on any atom is -0.378 e. The van der Waals surface area contributed by atoms with Crippen LogP contribution in [0.2, 0.25) is 0 Å². The van der Waals surface area contributed by atoms with Crippen LogP contribution in [-0.4, -0.2) is 34.7 Å². The van der Waals surface area contributed by atoms with Crippen molar-refractivity contribution in [2.75, 3.05) is 6.54 Å². The van der Waals surface area contributed by atoms with Gasteiger partial charge in [-0.2, -0.15) is 0 Å². The summed E-state index contributed by atoms with van der Waals surface area (Å²) in [5.74, 6) is 4.86. The number of carbonyl (C=O) groups excluding carboxylic acids is 1. The van der Waals surface area contributed by atoms with E-state index >= 15 is 0 Å². The standard InChI is InChI=1S/C7H15N3O2/c1-4(2)7(12)10-3-5(10)6(11)9-8/h4-5,7,12H,3,8H2,1-2H3,(H,9,11). The molecule has 70 valence electrons. The summed E-state index contributed by atoms with van der Waals surface area (Å²) in [6.45, 7) is 4.41. The Kier molecular flexibility index (Phi) is 2.66. The summed E-state index contributed by atoms with van der Waals surface area (Å²) < 4.78 is 0. The van der Waals surface area contributed by atoms with Crippen molar-refractivity contribution in [3.05, 3.63) is 0 Å². The van der Waals surface area contributed by atoms with E-state index in [2.05, 4.69) is 5.43 Å². The molecule has 0 bridgehead atoms. The fourth-order valence-electron chi connectivity index (χ4n) is 1.16. The number of aliphatic hydroxyl groups excluding tert-OH is 1. The molecule has 0 saturated carbocycles. The molecule has 3 atom stereocenters. The lowest BCUT2D eigenvalue weighted by atomic mass is 10.2. The smallest absolute Gasteiger partial charge is 0.252 e. The zero-order valence-corrected chi connectivity index (χ0v) is 7.32. The molecule has 12 heavy (non-hydrogen) atoms. The highest BCUT2D eigenvalue weighted by atomic mass is 16.3. The van der Waals surface area contributed by atoms with Crippen LogP contribution in [0.15, 0.2) is 0 Å². The van der Waals surface area contributed by atoms with Gasteiger partial charge in [-0.15, -0.1) is 0 Å². The molecule has 1 aliphatic rings. The maximum atomic E-state index is 10.9. The highest BCUT2D eigenvalue weighted by Gasteiger charge is 2.44. The minimum absolute atomic E-state index is 0.139. The van der Waals surface area contributed by atoms with E-state index in [1.165, 1.54) is 0 Å². The number of nitrogens with two attached hydrogens (primary N) is 1. The Hall–Kier alpha value is -0.650. The molecule has 0 spiro atoms. The molecule has 3 unspecified atom stereocenters. The first-order valence-corrected chi connectivity index (χ1v) is 4.02. The molecule has 0 aromatic heterocycles. The number of carbonyl (C=O) groups is 1. The first-order chi connectivity index (χ1) is 5.57. The highest BCUT2D eigenvalue weighted by molar-refractivity contribution is 5.84. The van der Waals surface area contributed by atoms with Crippen LogP contribution in [0.25, 0.3) is 0 Å². The van der Waals surface area contributed by atoms with Crippen LogP contribution in [0.5, 0.6) is 0 Å². The Morgan fingerprint density at radius 3 is 2.75 bits per heavy atom. The molecule has 0 radical (unpaired) electrons. The van der Waals surface area contributed by atoms with Crippen LogP contribution >= 0.6 is 0 Å². The molecule has 5 nitrogen and oxygen atoms in total. The van der Waals surface area contributed by atoms with Crippen LogP contribution in [-0.2, 0) is 4.79 Å². The Bertz CT molecular complexity index is 183. The summed E-state index contributed by atoms with van der Waals surface area (Å²) in [7, 11) is 0. The van der Waals surface area contributed by atoms with E-state index in [1.54, 1.807) is 4.90 Å². The van der Waals surface area contributed by atoms with Gasteiger partial charge in [-0.1, -0.05) is 13.8 Å². The molecular formula is C7H15N3O2. The average molecular weight is 173 g/mol. The molecule has 0 aromatic rings. The lowest BCUT2D eigenvalue weighted by Crippen LogP contribution is -2.37. The monoisotopic (exact) mass is 173 g/mol. The highest BCUT2D eigenvalue weighted by Crippen LogP contribution is 2.23. The fraction of sp³-hybridized carbons (Fsp3) is 0.857. The molecular weight excluding hydrogens is 158 g/mol. The van der Waals surface area contributed by atoms with Crippen LogP contribution in [0.3, 0.4) is 0 Å². The molecule has 1 heterocycles. The van der Waals surface area contributed by atoms with E-state index in [4.69, 9.17) is 5.84 Å². The van der Waals surface area contributed by atoms with Crippen molar-refractivity contribution >= 4 is 5.91 Å². The van der Waals surface area contributed by atoms with E-state index in [1.807, 2.05) is 13.8 Å². The molecule has 0 aliphatic carbocycles. The van der Waals surface area contributed by atoms with E-state index < -0.39 is 6.23 Å². The van der Waals surface area contributed by atoms with Crippen molar-refractivity contribution in [2.24, 2.45) is 11.8 Å².